The zero-order valence-corrected chi connectivity index (χ0v) is 16.9. The van der Waals surface area contributed by atoms with Gasteiger partial charge in [0.15, 0.2) is 0 Å². The third-order valence-corrected chi connectivity index (χ3v) is 4.74. The lowest BCUT2D eigenvalue weighted by Gasteiger charge is -2.19. The number of benzene rings is 2. The average molecular weight is 426 g/mol. The van der Waals surface area contributed by atoms with Gasteiger partial charge in [-0.3, -0.25) is 9.59 Å². The van der Waals surface area contributed by atoms with E-state index in [-0.39, 0.29) is 29.1 Å². The Balaban J connectivity index is 1.98. The number of hydrogen-bond acceptors (Lipinski definition) is 4. The molecule has 8 heteroatoms. The van der Waals surface area contributed by atoms with Gasteiger partial charge in [-0.25, -0.2) is 13.8 Å². The van der Waals surface area contributed by atoms with Crippen LogP contribution in [0.5, 0.6) is 5.75 Å². The second-order valence-electron chi connectivity index (χ2n) is 6.85. The Bertz CT molecular complexity index is 1130. The highest BCUT2D eigenvalue weighted by Gasteiger charge is 2.22. The average Bonchev–Trinajstić information content (AvgIpc) is 2.74. The summed E-state index contributed by atoms with van der Waals surface area (Å²) in [7, 11) is 1.35. The van der Waals surface area contributed by atoms with Crippen LogP contribution in [-0.4, -0.2) is 29.1 Å². The van der Waals surface area contributed by atoms with Crippen LogP contribution >= 0.6 is 0 Å². The number of nitrogens with zero attached hydrogens (tertiary/aromatic N) is 1. The number of carbonyl (C=O) groups is 2. The molecule has 0 saturated heterocycles. The van der Waals surface area contributed by atoms with E-state index in [0.29, 0.717) is 5.56 Å². The molecule has 1 amide bonds. The van der Waals surface area contributed by atoms with Crippen molar-refractivity contribution in [2.45, 2.75) is 19.4 Å². The second-order valence-corrected chi connectivity index (χ2v) is 6.85. The smallest absolute Gasteiger partial charge is 0.305 e. The summed E-state index contributed by atoms with van der Waals surface area (Å²) >= 11 is 0. The number of aryl methyl sites for hydroxylation is 1. The van der Waals surface area contributed by atoms with Crippen LogP contribution < -0.4 is 10.1 Å². The van der Waals surface area contributed by atoms with Gasteiger partial charge in [0.1, 0.15) is 28.8 Å². The van der Waals surface area contributed by atoms with Gasteiger partial charge >= 0.3 is 5.97 Å². The van der Waals surface area contributed by atoms with E-state index in [1.54, 1.807) is 12.1 Å². The molecule has 6 nitrogen and oxygen atoms in total. The third-order valence-electron chi connectivity index (χ3n) is 4.74. The molecule has 0 fully saturated rings. The molecule has 1 atom stereocenters. The van der Waals surface area contributed by atoms with Crippen LogP contribution in [0.3, 0.4) is 0 Å². The zero-order valence-electron chi connectivity index (χ0n) is 16.9. The number of carboxylic acid groups (broad SMARTS) is 1. The molecule has 2 N–H and O–H groups in total. The Kier molecular flexibility index (Phi) is 6.59. The minimum atomic E-state index is -1.08. The van der Waals surface area contributed by atoms with E-state index in [9.17, 15) is 23.5 Å². The lowest BCUT2D eigenvalue weighted by atomic mass is 9.98. The summed E-state index contributed by atoms with van der Waals surface area (Å²) < 4.78 is 33.2. The molecule has 1 aromatic heterocycles. The Labute approximate surface area is 177 Å². The normalized spacial score (nSPS) is 11.6. The van der Waals surface area contributed by atoms with E-state index in [4.69, 9.17) is 4.74 Å². The maximum atomic E-state index is 14.3. The van der Waals surface area contributed by atoms with Gasteiger partial charge in [-0.1, -0.05) is 24.3 Å². The van der Waals surface area contributed by atoms with Crippen LogP contribution in [0.4, 0.5) is 8.78 Å². The Hall–Kier alpha value is -3.81. The first-order valence-electron chi connectivity index (χ1n) is 9.38. The summed E-state index contributed by atoms with van der Waals surface area (Å²) in [6, 6.07) is 12.0. The lowest BCUT2D eigenvalue weighted by Crippen LogP contribution is -2.31. The molecule has 0 radical (unpaired) electrons. The maximum absolute atomic E-state index is 14.3. The number of ether oxygens (including phenoxy) is 1. The fourth-order valence-corrected chi connectivity index (χ4v) is 3.23. The van der Waals surface area contributed by atoms with Gasteiger partial charge < -0.3 is 15.2 Å². The van der Waals surface area contributed by atoms with E-state index < -0.39 is 29.6 Å². The van der Waals surface area contributed by atoms with Crippen molar-refractivity contribution in [3.63, 3.8) is 0 Å². The molecule has 0 aliphatic rings. The van der Waals surface area contributed by atoms with Crippen LogP contribution in [0.1, 0.15) is 34.1 Å². The fourth-order valence-electron chi connectivity index (χ4n) is 3.23. The predicted octanol–water partition coefficient (Wildman–Crippen LogP) is 4.29. The van der Waals surface area contributed by atoms with Gasteiger partial charge in [-0.2, -0.15) is 0 Å². The van der Waals surface area contributed by atoms with Gasteiger partial charge in [0, 0.05) is 5.56 Å². The van der Waals surface area contributed by atoms with Gasteiger partial charge in [-0.05, 0) is 48.4 Å². The number of methoxy groups -OCH3 is 1. The first-order valence-corrected chi connectivity index (χ1v) is 9.38. The number of pyridine rings is 1. The van der Waals surface area contributed by atoms with Crippen LogP contribution in [0, 0.1) is 18.6 Å². The van der Waals surface area contributed by atoms with Crippen LogP contribution in [0.25, 0.3) is 11.3 Å². The van der Waals surface area contributed by atoms with Crippen molar-refractivity contribution in [2.75, 3.05) is 7.11 Å². The standard InChI is InChI=1S/C23H20F2N2O4/c1-13-5-3-4-6-15(13)19(12-21(28)29)27-23(30)18-9-10-20(31-2)22(26-18)16-11-14(24)7-8-17(16)25/h3-11,19H,12H2,1-2H3,(H,27,30)(H,28,29)/t19-/m0/s1. The molecular formula is C23H20F2N2O4. The van der Waals surface area contributed by atoms with Crippen molar-refractivity contribution >= 4 is 11.9 Å². The van der Waals surface area contributed by atoms with Crippen molar-refractivity contribution < 1.29 is 28.2 Å². The Morgan fingerprint density at radius 3 is 2.55 bits per heavy atom. The van der Waals surface area contributed by atoms with E-state index in [1.807, 2.05) is 19.1 Å². The van der Waals surface area contributed by atoms with Crippen molar-refractivity contribution in [2.24, 2.45) is 0 Å². The lowest BCUT2D eigenvalue weighted by molar-refractivity contribution is -0.137. The molecule has 2 aromatic carbocycles. The highest BCUT2D eigenvalue weighted by Crippen LogP contribution is 2.31. The first-order chi connectivity index (χ1) is 14.8. The molecule has 0 saturated carbocycles. The van der Waals surface area contributed by atoms with E-state index >= 15 is 0 Å². The van der Waals surface area contributed by atoms with Crippen LogP contribution in [-0.2, 0) is 4.79 Å². The molecule has 0 unspecified atom stereocenters. The Morgan fingerprint density at radius 1 is 1.13 bits per heavy atom. The number of rotatable bonds is 7. The number of amides is 1. The number of carboxylic acids is 1. The molecule has 160 valence electrons. The molecule has 0 aliphatic heterocycles. The van der Waals surface area contributed by atoms with Crippen molar-refractivity contribution in [3.05, 3.63) is 83.1 Å². The third kappa shape index (κ3) is 5.03. The molecule has 1 heterocycles. The van der Waals surface area contributed by atoms with Crippen LogP contribution in [0.2, 0.25) is 0 Å². The summed E-state index contributed by atoms with van der Waals surface area (Å²) in [4.78, 5) is 28.4. The van der Waals surface area contributed by atoms with Gasteiger partial charge in [-0.15, -0.1) is 0 Å². The zero-order chi connectivity index (χ0) is 22.5. The fraction of sp³-hybridized carbons (Fsp3) is 0.174. The SMILES string of the molecule is COc1ccc(C(=O)N[C@@H](CC(=O)O)c2ccccc2C)nc1-c1cc(F)ccc1F. The highest BCUT2D eigenvalue weighted by molar-refractivity contribution is 5.93. The summed E-state index contributed by atoms with van der Waals surface area (Å²) in [6.45, 7) is 1.81. The molecule has 0 aliphatic carbocycles. The molecule has 0 spiro atoms. The minimum Gasteiger partial charge on any atom is -0.494 e. The van der Waals surface area contributed by atoms with Crippen molar-refractivity contribution in [3.8, 4) is 17.0 Å². The predicted molar refractivity (Wildman–Crippen MR) is 110 cm³/mol. The quantitative estimate of drug-likeness (QED) is 0.588. The number of aromatic nitrogens is 1. The first kappa shape index (κ1) is 21.9. The van der Waals surface area contributed by atoms with Gasteiger partial charge in [0.2, 0.25) is 0 Å². The minimum absolute atomic E-state index is 0.0437. The molecule has 0 bridgehead atoms. The summed E-state index contributed by atoms with van der Waals surface area (Å²) in [5.74, 6) is -2.99. The highest BCUT2D eigenvalue weighted by atomic mass is 19.1. The van der Waals surface area contributed by atoms with Gasteiger partial charge in [0.25, 0.3) is 5.91 Å². The topological polar surface area (TPSA) is 88.5 Å². The van der Waals surface area contributed by atoms with E-state index in [1.165, 1.54) is 19.2 Å². The summed E-state index contributed by atoms with van der Waals surface area (Å²) in [5, 5.41) is 11.9. The monoisotopic (exact) mass is 426 g/mol. The molecule has 3 aromatic rings. The van der Waals surface area contributed by atoms with Crippen molar-refractivity contribution in [1.82, 2.24) is 10.3 Å². The number of nitrogens with one attached hydrogen (secondary N) is 1. The molecule has 31 heavy (non-hydrogen) atoms. The number of hydrogen-bond donors (Lipinski definition) is 2. The van der Waals surface area contributed by atoms with Crippen molar-refractivity contribution in [1.29, 1.82) is 0 Å². The van der Waals surface area contributed by atoms with E-state index in [2.05, 4.69) is 10.3 Å². The summed E-state index contributed by atoms with van der Waals surface area (Å²) in [6.07, 6.45) is -0.335. The van der Waals surface area contributed by atoms with E-state index in [0.717, 1.165) is 23.8 Å². The molecule has 3 rings (SSSR count). The molecular weight excluding hydrogens is 406 g/mol. The maximum Gasteiger partial charge on any atom is 0.305 e. The number of halogens is 2. The second kappa shape index (κ2) is 9.34. The van der Waals surface area contributed by atoms with Crippen LogP contribution in [0.15, 0.2) is 54.6 Å². The summed E-state index contributed by atoms with van der Waals surface area (Å²) in [5.41, 5.74) is 1.18. The largest absolute Gasteiger partial charge is 0.494 e. The number of aliphatic carboxylic acids is 1. The van der Waals surface area contributed by atoms with Gasteiger partial charge in [0.05, 0.1) is 19.6 Å². The Morgan fingerprint density at radius 2 is 1.87 bits per heavy atom. The number of carbonyl (C=O) groups excluding carboxylic acids is 1.